The summed E-state index contributed by atoms with van der Waals surface area (Å²) in [5.41, 5.74) is 4.05. The highest BCUT2D eigenvalue weighted by atomic mass is 19.3. The number of aryl methyl sites for hydroxylation is 1. The van der Waals surface area contributed by atoms with Crippen molar-refractivity contribution in [2.75, 3.05) is 5.32 Å². The molecule has 0 amide bonds. The van der Waals surface area contributed by atoms with Gasteiger partial charge in [-0.15, -0.1) is 0 Å². The molecular weight excluding hydrogens is 440 g/mol. The Labute approximate surface area is 194 Å². The number of pyridine rings is 1. The van der Waals surface area contributed by atoms with Crippen molar-refractivity contribution in [1.29, 1.82) is 5.26 Å². The van der Waals surface area contributed by atoms with E-state index in [1.807, 2.05) is 25.5 Å². The Bertz CT molecular complexity index is 1350. The Morgan fingerprint density at radius 3 is 2.94 bits per heavy atom. The van der Waals surface area contributed by atoms with Crippen LogP contribution in [0.1, 0.15) is 43.0 Å². The Morgan fingerprint density at radius 1 is 1.24 bits per heavy atom. The smallest absolute Gasteiger partial charge is 0.257 e. The van der Waals surface area contributed by atoms with Crippen molar-refractivity contribution < 1.29 is 8.78 Å². The molecule has 1 N–H and O–H groups in total. The number of hydrogen-bond donors (Lipinski definition) is 1. The van der Waals surface area contributed by atoms with Crippen LogP contribution in [0.25, 0.3) is 22.3 Å². The Morgan fingerprint density at radius 2 is 2.12 bits per heavy atom. The molecule has 5 rings (SSSR count). The van der Waals surface area contributed by atoms with Gasteiger partial charge in [0.25, 0.3) is 6.43 Å². The molecule has 0 unspecified atom stereocenters. The van der Waals surface area contributed by atoms with Gasteiger partial charge in [0, 0.05) is 30.0 Å². The van der Waals surface area contributed by atoms with E-state index in [9.17, 15) is 14.0 Å². The van der Waals surface area contributed by atoms with Gasteiger partial charge in [-0.25, -0.2) is 23.7 Å². The Balaban J connectivity index is 1.36. The van der Waals surface area contributed by atoms with Gasteiger partial charge in [-0.2, -0.15) is 10.4 Å². The van der Waals surface area contributed by atoms with Gasteiger partial charge in [0.05, 0.1) is 41.2 Å². The fraction of sp³-hybridized carbons (Fsp3) is 0.391. The number of nitrogens with one attached hydrogen (secondary N) is 1. The van der Waals surface area contributed by atoms with Gasteiger partial charge in [0.15, 0.2) is 0 Å². The molecule has 4 heterocycles. The third kappa shape index (κ3) is 4.31. The van der Waals surface area contributed by atoms with Crippen LogP contribution < -0.4 is 5.32 Å². The minimum Gasteiger partial charge on any atom is -0.351 e. The van der Waals surface area contributed by atoms with Crippen molar-refractivity contribution in [3.05, 3.63) is 48.4 Å². The molecular formula is C23H23F2N9. The molecule has 4 aromatic rings. The number of nitrogens with zero attached hydrogens (tertiary/aromatic N) is 8. The summed E-state index contributed by atoms with van der Waals surface area (Å²) in [5, 5.41) is 16.8. The Hall–Kier alpha value is -3.94. The first kappa shape index (κ1) is 21.9. The van der Waals surface area contributed by atoms with Gasteiger partial charge in [-0.1, -0.05) is 0 Å². The van der Waals surface area contributed by atoms with Crippen molar-refractivity contribution in [3.8, 4) is 17.3 Å². The van der Waals surface area contributed by atoms with Gasteiger partial charge in [0.1, 0.15) is 18.1 Å². The predicted octanol–water partition coefficient (Wildman–Crippen LogP) is 4.13. The molecule has 34 heavy (non-hydrogen) atoms. The first-order chi connectivity index (χ1) is 16.5. The summed E-state index contributed by atoms with van der Waals surface area (Å²) in [6.07, 6.45) is 9.47. The summed E-state index contributed by atoms with van der Waals surface area (Å²) in [6.45, 7) is 1.45. The highest BCUT2D eigenvalue weighted by molar-refractivity contribution is 5.77. The zero-order chi connectivity index (χ0) is 23.7. The van der Waals surface area contributed by atoms with E-state index < -0.39 is 13.0 Å². The van der Waals surface area contributed by atoms with E-state index in [2.05, 4.69) is 41.0 Å². The fourth-order valence-corrected chi connectivity index (χ4v) is 4.60. The molecule has 1 saturated carbocycles. The number of hydrogen-bond acceptors (Lipinski definition) is 7. The zero-order valence-electron chi connectivity index (χ0n) is 18.6. The van der Waals surface area contributed by atoms with Crippen LogP contribution in [0.4, 0.5) is 14.7 Å². The van der Waals surface area contributed by atoms with E-state index >= 15 is 0 Å². The zero-order valence-corrected chi connectivity index (χ0v) is 18.6. The third-order valence-electron chi connectivity index (χ3n) is 6.19. The van der Waals surface area contributed by atoms with E-state index in [0.717, 1.165) is 47.1 Å². The monoisotopic (exact) mass is 463 g/mol. The van der Waals surface area contributed by atoms with Crippen LogP contribution in [0, 0.1) is 18.3 Å². The van der Waals surface area contributed by atoms with Gasteiger partial charge in [0.2, 0.25) is 5.95 Å². The van der Waals surface area contributed by atoms with Gasteiger partial charge >= 0.3 is 0 Å². The molecule has 1 aliphatic rings. The molecule has 11 heteroatoms. The lowest BCUT2D eigenvalue weighted by Crippen LogP contribution is -2.29. The van der Waals surface area contributed by atoms with Gasteiger partial charge < -0.3 is 9.88 Å². The summed E-state index contributed by atoms with van der Waals surface area (Å²) in [6, 6.07) is 4.49. The predicted molar refractivity (Wildman–Crippen MR) is 121 cm³/mol. The molecule has 4 aromatic heterocycles. The largest absolute Gasteiger partial charge is 0.351 e. The maximum atomic E-state index is 12.7. The molecule has 1 fully saturated rings. The fourth-order valence-electron chi connectivity index (χ4n) is 4.60. The van der Waals surface area contributed by atoms with E-state index in [1.165, 1.54) is 18.6 Å². The second-order valence-corrected chi connectivity index (χ2v) is 8.49. The van der Waals surface area contributed by atoms with E-state index in [4.69, 9.17) is 0 Å². The molecule has 9 nitrogen and oxygen atoms in total. The molecule has 0 bridgehead atoms. The summed E-state index contributed by atoms with van der Waals surface area (Å²) in [5.74, 6) is 0.400. The molecule has 0 aliphatic heterocycles. The normalized spacial score (nSPS) is 18.3. The molecule has 0 radical (unpaired) electrons. The van der Waals surface area contributed by atoms with Crippen molar-refractivity contribution in [3.63, 3.8) is 0 Å². The van der Waals surface area contributed by atoms with E-state index in [1.54, 1.807) is 0 Å². The van der Waals surface area contributed by atoms with Crippen molar-refractivity contribution in [2.24, 2.45) is 0 Å². The first-order valence-corrected chi connectivity index (χ1v) is 11.1. The minimum atomic E-state index is -2.52. The number of rotatable bonds is 6. The van der Waals surface area contributed by atoms with Crippen LogP contribution in [-0.4, -0.2) is 46.8 Å². The molecule has 0 spiro atoms. The molecule has 1 aliphatic carbocycles. The minimum absolute atomic E-state index is 0.140. The maximum Gasteiger partial charge on any atom is 0.257 e. The number of fused-ring (bicyclic) bond motifs is 1. The molecule has 0 aromatic carbocycles. The van der Waals surface area contributed by atoms with Crippen molar-refractivity contribution in [2.45, 2.75) is 57.7 Å². The number of anilines is 1. The van der Waals surface area contributed by atoms with Crippen LogP contribution in [0.15, 0.2) is 37.2 Å². The number of halogens is 2. The average molecular weight is 463 g/mol. The number of nitriles is 1. The average Bonchev–Trinajstić information content (AvgIpc) is 3.47. The standard InChI is InChI=1S/C23H23F2N9/c1-14-21-19(5-6-27-14)34(13-29-21)18-4-2-3-17(7-18)31-23-28-9-15(8-26)22(32-23)16-10-30-33(11-16)12-20(24)25/h5-6,9-11,13,17-18,20H,2-4,7,12H2,1H3,(H,28,31,32)/t17-,18+/m1/s1. The third-order valence-corrected chi connectivity index (χ3v) is 6.19. The molecule has 0 saturated heterocycles. The molecule has 174 valence electrons. The quantitative estimate of drug-likeness (QED) is 0.458. The summed E-state index contributed by atoms with van der Waals surface area (Å²) < 4.78 is 28.7. The maximum absolute atomic E-state index is 12.7. The first-order valence-electron chi connectivity index (χ1n) is 11.1. The summed E-state index contributed by atoms with van der Waals surface area (Å²) in [4.78, 5) is 17.7. The summed E-state index contributed by atoms with van der Waals surface area (Å²) in [7, 11) is 0. The van der Waals surface area contributed by atoms with Crippen molar-refractivity contribution >= 4 is 17.0 Å². The highest BCUT2D eigenvalue weighted by Crippen LogP contribution is 2.33. The van der Waals surface area contributed by atoms with E-state index in [0.29, 0.717) is 17.2 Å². The van der Waals surface area contributed by atoms with Crippen molar-refractivity contribution in [1.82, 2.24) is 34.3 Å². The SMILES string of the molecule is Cc1nccc2c1ncn2[C@H]1CCC[C@@H](Nc2ncc(C#N)c(-c3cnn(CC(F)F)c3)n2)C1. The summed E-state index contributed by atoms with van der Waals surface area (Å²) >= 11 is 0. The van der Waals surface area contributed by atoms with Crippen LogP contribution in [0.3, 0.4) is 0 Å². The van der Waals surface area contributed by atoms with Gasteiger partial charge in [-0.05, 0) is 38.7 Å². The number of imidazole rings is 1. The number of alkyl halides is 2. The van der Waals surface area contributed by atoms with Crippen LogP contribution in [0.2, 0.25) is 0 Å². The van der Waals surface area contributed by atoms with Crippen LogP contribution in [0.5, 0.6) is 0 Å². The second kappa shape index (κ2) is 9.13. The van der Waals surface area contributed by atoms with Crippen LogP contribution >= 0.6 is 0 Å². The lowest BCUT2D eigenvalue weighted by atomic mass is 9.90. The topological polar surface area (TPSA) is 110 Å². The lowest BCUT2D eigenvalue weighted by molar-refractivity contribution is 0.122. The highest BCUT2D eigenvalue weighted by Gasteiger charge is 2.25. The second-order valence-electron chi connectivity index (χ2n) is 8.49. The van der Waals surface area contributed by atoms with Crippen LogP contribution in [-0.2, 0) is 6.54 Å². The van der Waals surface area contributed by atoms with E-state index in [-0.39, 0.29) is 17.6 Å². The Kier molecular flexibility index (Phi) is 5.88. The van der Waals surface area contributed by atoms with Gasteiger partial charge in [-0.3, -0.25) is 9.67 Å². The number of aromatic nitrogens is 7. The molecule has 2 atom stereocenters. The lowest BCUT2D eigenvalue weighted by Gasteiger charge is -2.31.